The van der Waals surface area contributed by atoms with Crippen LogP contribution in [-0.2, 0) is 5.88 Å². The summed E-state index contributed by atoms with van der Waals surface area (Å²) in [4.78, 5) is 7.30. The second kappa shape index (κ2) is 5.18. The number of imidazole rings is 1. The van der Waals surface area contributed by atoms with Gasteiger partial charge in [0.15, 0.2) is 0 Å². The van der Waals surface area contributed by atoms with Gasteiger partial charge in [-0.05, 0) is 44.0 Å². The fourth-order valence-corrected chi connectivity index (χ4v) is 4.13. The minimum atomic E-state index is 0.459. The average Bonchev–Trinajstić information content (AvgIpc) is 2.93. The summed E-state index contributed by atoms with van der Waals surface area (Å²) in [6, 6.07) is 6.65. The van der Waals surface area contributed by atoms with E-state index in [1.165, 1.54) is 31.4 Å². The monoisotopic (exact) mass is 305 g/mol. The van der Waals surface area contributed by atoms with Crippen LogP contribution in [0.3, 0.4) is 0 Å². The van der Waals surface area contributed by atoms with Crippen molar-refractivity contribution in [1.82, 2.24) is 14.5 Å². The first kappa shape index (κ1) is 13.4. The molecule has 0 amide bonds. The molecule has 3 saturated heterocycles. The highest BCUT2D eigenvalue weighted by molar-refractivity contribution is 6.16. The van der Waals surface area contributed by atoms with Crippen LogP contribution in [0.1, 0.15) is 24.7 Å². The van der Waals surface area contributed by atoms with Crippen LogP contribution in [0.2, 0.25) is 0 Å². The molecule has 3 aliphatic heterocycles. The maximum Gasteiger partial charge on any atom is 0.125 e. The van der Waals surface area contributed by atoms with Gasteiger partial charge in [0.05, 0.1) is 30.1 Å². The molecular weight excluding hydrogens is 286 g/mol. The van der Waals surface area contributed by atoms with Crippen LogP contribution in [0.5, 0.6) is 5.75 Å². The molecule has 21 heavy (non-hydrogen) atoms. The summed E-state index contributed by atoms with van der Waals surface area (Å²) < 4.78 is 7.70. The first-order chi connectivity index (χ1) is 10.3. The fraction of sp³-hybridized carbons (Fsp3) is 0.562. The van der Waals surface area contributed by atoms with Gasteiger partial charge in [-0.3, -0.25) is 0 Å². The van der Waals surface area contributed by atoms with Crippen LogP contribution >= 0.6 is 11.6 Å². The minimum absolute atomic E-state index is 0.459. The molecule has 112 valence electrons. The third-order valence-electron chi connectivity index (χ3n) is 5.04. The summed E-state index contributed by atoms with van der Waals surface area (Å²) in [5.41, 5.74) is 2.17. The molecule has 2 aromatic rings. The quantitative estimate of drug-likeness (QED) is 0.817. The Kier molecular flexibility index (Phi) is 3.31. The number of halogens is 1. The van der Waals surface area contributed by atoms with E-state index in [-0.39, 0.29) is 0 Å². The first-order valence-electron chi connectivity index (χ1n) is 7.63. The molecule has 1 unspecified atom stereocenters. The van der Waals surface area contributed by atoms with Gasteiger partial charge in [0.25, 0.3) is 0 Å². The first-order valence-corrected chi connectivity index (χ1v) is 8.17. The summed E-state index contributed by atoms with van der Waals surface area (Å²) in [6.07, 6.45) is 2.59. The van der Waals surface area contributed by atoms with Crippen LogP contribution in [0.4, 0.5) is 0 Å². The van der Waals surface area contributed by atoms with Crippen molar-refractivity contribution >= 4 is 22.6 Å². The van der Waals surface area contributed by atoms with E-state index >= 15 is 0 Å². The van der Waals surface area contributed by atoms with E-state index in [1.54, 1.807) is 7.11 Å². The van der Waals surface area contributed by atoms with Crippen LogP contribution in [0, 0.1) is 5.92 Å². The highest BCUT2D eigenvalue weighted by Crippen LogP contribution is 2.38. The van der Waals surface area contributed by atoms with Gasteiger partial charge in [0.2, 0.25) is 0 Å². The van der Waals surface area contributed by atoms with Crippen molar-refractivity contribution in [2.75, 3.05) is 26.7 Å². The zero-order chi connectivity index (χ0) is 14.4. The summed E-state index contributed by atoms with van der Waals surface area (Å²) in [7, 11) is 1.69. The fourth-order valence-electron chi connectivity index (χ4n) is 3.95. The topological polar surface area (TPSA) is 30.3 Å². The minimum Gasteiger partial charge on any atom is -0.497 e. The summed E-state index contributed by atoms with van der Waals surface area (Å²) in [6.45, 7) is 3.63. The largest absolute Gasteiger partial charge is 0.497 e. The third kappa shape index (κ3) is 2.12. The summed E-state index contributed by atoms with van der Waals surface area (Å²) >= 11 is 6.17. The number of benzene rings is 1. The molecule has 1 aromatic carbocycles. The Balaban J connectivity index is 1.83. The Morgan fingerprint density at radius 1 is 1.33 bits per heavy atom. The van der Waals surface area contributed by atoms with Gasteiger partial charge in [-0.15, -0.1) is 11.6 Å². The van der Waals surface area contributed by atoms with Crippen molar-refractivity contribution in [3.63, 3.8) is 0 Å². The Labute approximate surface area is 129 Å². The Morgan fingerprint density at radius 3 is 2.76 bits per heavy atom. The van der Waals surface area contributed by atoms with Gasteiger partial charge in [-0.25, -0.2) is 4.98 Å². The van der Waals surface area contributed by atoms with Gasteiger partial charge in [-0.2, -0.15) is 0 Å². The van der Waals surface area contributed by atoms with E-state index < -0.39 is 0 Å². The van der Waals surface area contributed by atoms with Crippen molar-refractivity contribution in [2.24, 2.45) is 5.92 Å². The molecule has 3 aliphatic rings. The lowest BCUT2D eigenvalue weighted by molar-refractivity contribution is 0.0578. The van der Waals surface area contributed by atoms with Crippen LogP contribution < -0.4 is 4.74 Å². The summed E-state index contributed by atoms with van der Waals surface area (Å²) in [5.74, 6) is 3.05. The molecular formula is C16H20ClN3O. The van der Waals surface area contributed by atoms with E-state index in [4.69, 9.17) is 21.3 Å². The van der Waals surface area contributed by atoms with Crippen LogP contribution in [0.25, 0.3) is 11.0 Å². The molecule has 4 nitrogen and oxygen atoms in total. The second-order valence-electron chi connectivity index (χ2n) is 6.09. The molecule has 5 rings (SSSR count). The zero-order valence-electron chi connectivity index (χ0n) is 12.3. The van der Waals surface area contributed by atoms with Crippen molar-refractivity contribution in [3.8, 4) is 5.75 Å². The predicted octanol–water partition coefficient (Wildman–Crippen LogP) is 3.05. The Bertz CT molecular complexity index is 661. The molecule has 1 atom stereocenters. The van der Waals surface area contributed by atoms with Gasteiger partial charge in [-0.1, -0.05) is 0 Å². The molecule has 0 aliphatic carbocycles. The molecule has 2 bridgehead atoms. The Hall–Kier alpha value is -1.26. The number of ether oxygens (including phenoxy) is 1. The number of rotatable bonds is 3. The van der Waals surface area contributed by atoms with Crippen LogP contribution in [0.15, 0.2) is 18.2 Å². The standard InChI is InChI=1S/C16H20ClN3O/c1-21-12-2-3-14-13(8-12)18-16(9-17)20(14)15-10-19-6-4-11(15)5-7-19/h2-3,8,11,15H,4-7,9-10H2,1H3. The van der Waals surface area contributed by atoms with Crippen molar-refractivity contribution in [2.45, 2.75) is 24.8 Å². The average molecular weight is 306 g/mol. The van der Waals surface area contributed by atoms with Gasteiger partial charge in [0, 0.05) is 12.6 Å². The van der Waals surface area contributed by atoms with E-state index in [1.807, 2.05) is 12.1 Å². The van der Waals surface area contributed by atoms with E-state index in [2.05, 4.69) is 15.5 Å². The van der Waals surface area contributed by atoms with Crippen molar-refractivity contribution in [1.29, 1.82) is 0 Å². The van der Waals surface area contributed by atoms with E-state index in [0.717, 1.165) is 29.6 Å². The lowest BCUT2D eigenvalue weighted by Crippen LogP contribution is -2.48. The predicted molar refractivity (Wildman–Crippen MR) is 84.0 cm³/mol. The van der Waals surface area contributed by atoms with Crippen LogP contribution in [-0.4, -0.2) is 41.2 Å². The molecule has 0 N–H and O–H groups in total. The molecule has 1 aromatic heterocycles. The van der Waals surface area contributed by atoms with Gasteiger partial charge >= 0.3 is 0 Å². The highest BCUT2D eigenvalue weighted by atomic mass is 35.5. The second-order valence-corrected chi connectivity index (χ2v) is 6.36. The molecule has 5 heteroatoms. The van der Waals surface area contributed by atoms with Crippen molar-refractivity contribution < 1.29 is 4.74 Å². The zero-order valence-corrected chi connectivity index (χ0v) is 13.0. The lowest BCUT2D eigenvalue weighted by Gasteiger charge is -2.45. The maximum atomic E-state index is 6.17. The SMILES string of the molecule is COc1ccc2c(c1)nc(CCl)n2C1CN2CCC1CC2. The lowest BCUT2D eigenvalue weighted by atomic mass is 9.83. The number of aromatic nitrogens is 2. The summed E-state index contributed by atoms with van der Waals surface area (Å²) in [5, 5.41) is 0. The number of nitrogens with zero attached hydrogens (tertiary/aromatic N) is 3. The number of fused-ring (bicyclic) bond motifs is 4. The number of methoxy groups -OCH3 is 1. The molecule has 3 fully saturated rings. The number of alkyl halides is 1. The number of piperidine rings is 3. The number of hydrogen-bond donors (Lipinski definition) is 0. The third-order valence-corrected chi connectivity index (χ3v) is 5.28. The van der Waals surface area contributed by atoms with E-state index in [9.17, 15) is 0 Å². The normalized spacial score (nSPS) is 28.2. The molecule has 0 saturated carbocycles. The van der Waals surface area contributed by atoms with Crippen molar-refractivity contribution in [3.05, 3.63) is 24.0 Å². The van der Waals surface area contributed by atoms with E-state index in [0.29, 0.717) is 11.9 Å². The molecule has 0 spiro atoms. The van der Waals surface area contributed by atoms with Gasteiger partial charge in [0.1, 0.15) is 11.6 Å². The maximum absolute atomic E-state index is 6.17. The molecule has 4 heterocycles. The molecule has 0 radical (unpaired) electrons. The van der Waals surface area contributed by atoms with Gasteiger partial charge < -0.3 is 14.2 Å². The Morgan fingerprint density at radius 2 is 2.14 bits per heavy atom. The highest BCUT2D eigenvalue weighted by Gasteiger charge is 2.36. The number of hydrogen-bond acceptors (Lipinski definition) is 3. The smallest absolute Gasteiger partial charge is 0.125 e.